The Hall–Kier alpha value is -1.27. The lowest BCUT2D eigenvalue weighted by atomic mass is 10.1. The van der Waals surface area contributed by atoms with Crippen LogP contribution in [-0.4, -0.2) is 37.2 Å². The molecule has 1 saturated heterocycles. The molecule has 106 valence electrons. The van der Waals surface area contributed by atoms with E-state index in [-0.39, 0.29) is 11.9 Å². The standard InChI is InChI=1S/C13H20N2O3S/c1-3-9(17)12-10(14)11(18-2)13(19-12)15-6-4-8(16)5-7-15/h8,16H,3-7,14H2,1-2H3. The van der Waals surface area contributed by atoms with Crippen LogP contribution >= 0.6 is 11.3 Å². The van der Waals surface area contributed by atoms with Gasteiger partial charge in [-0.05, 0) is 12.8 Å². The maximum atomic E-state index is 11.9. The summed E-state index contributed by atoms with van der Waals surface area (Å²) in [5.41, 5.74) is 6.46. The Balaban J connectivity index is 2.32. The van der Waals surface area contributed by atoms with E-state index in [1.165, 1.54) is 11.3 Å². The first-order chi connectivity index (χ1) is 9.08. The number of aliphatic hydroxyl groups excluding tert-OH is 1. The smallest absolute Gasteiger partial charge is 0.177 e. The van der Waals surface area contributed by atoms with Crippen LogP contribution in [0.25, 0.3) is 0 Å². The summed E-state index contributed by atoms with van der Waals surface area (Å²) >= 11 is 1.40. The van der Waals surface area contributed by atoms with Crippen molar-refractivity contribution >= 4 is 27.8 Å². The van der Waals surface area contributed by atoms with E-state index in [4.69, 9.17) is 10.5 Å². The Labute approximate surface area is 117 Å². The minimum absolute atomic E-state index is 0.0455. The van der Waals surface area contributed by atoms with Gasteiger partial charge < -0.3 is 20.5 Å². The highest BCUT2D eigenvalue weighted by Crippen LogP contribution is 2.45. The number of hydrogen-bond acceptors (Lipinski definition) is 6. The third-order valence-corrected chi connectivity index (χ3v) is 4.70. The van der Waals surface area contributed by atoms with E-state index in [9.17, 15) is 9.90 Å². The molecule has 0 amide bonds. The van der Waals surface area contributed by atoms with Crippen molar-refractivity contribution in [2.24, 2.45) is 0 Å². The second kappa shape index (κ2) is 5.79. The van der Waals surface area contributed by atoms with Gasteiger partial charge in [-0.2, -0.15) is 0 Å². The largest absolute Gasteiger partial charge is 0.492 e. The number of Topliss-reactive ketones (excluding diaryl/α,β-unsaturated/α-hetero) is 1. The second-order valence-corrected chi connectivity index (χ2v) is 5.68. The highest BCUT2D eigenvalue weighted by molar-refractivity contribution is 7.19. The normalized spacial score (nSPS) is 16.7. The summed E-state index contributed by atoms with van der Waals surface area (Å²) < 4.78 is 5.36. The SMILES string of the molecule is CCC(=O)c1sc(N2CCC(O)CC2)c(OC)c1N. The Bertz CT molecular complexity index is 465. The molecule has 0 atom stereocenters. The summed E-state index contributed by atoms with van der Waals surface area (Å²) in [7, 11) is 1.57. The minimum atomic E-state index is -0.226. The molecule has 2 rings (SSSR count). The lowest BCUT2D eigenvalue weighted by molar-refractivity contribution is 0.0992. The summed E-state index contributed by atoms with van der Waals surface area (Å²) in [5, 5.41) is 10.5. The molecule has 1 aromatic rings. The number of aliphatic hydroxyl groups is 1. The van der Waals surface area contributed by atoms with Gasteiger partial charge in [0.05, 0.1) is 23.8 Å². The first-order valence-corrected chi connectivity index (χ1v) is 7.32. The molecule has 0 aliphatic carbocycles. The van der Waals surface area contributed by atoms with Gasteiger partial charge in [0, 0.05) is 19.5 Å². The Morgan fingerprint density at radius 2 is 2.16 bits per heavy atom. The van der Waals surface area contributed by atoms with Crippen LogP contribution in [-0.2, 0) is 0 Å². The van der Waals surface area contributed by atoms with Crippen LogP contribution < -0.4 is 15.4 Å². The fraction of sp³-hybridized carbons (Fsp3) is 0.615. The molecule has 0 radical (unpaired) electrons. The van der Waals surface area contributed by atoms with E-state index in [1.54, 1.807) is 7.11 Å². The van der Waals surface area contributed by atoms with E-state index in [0.717, 1.165) is 30.9 Å². The van der Waals surface area contributed by atoms with Gasteiger partial charge in [0.1, 0.15) is 5.00 Å². The fourth-order valence-corrected chi connectivity index (χ4v) is 3.51. The van der Waals surface area contributed by atoms with Gasteiger partial charge in [-0.1, -0.05) is 6.92 Å². The van der Waals surface area contributed by atoms with Gasteiger partial charge >= 0.3 is 0 Å². The number of nitrogen functional groups attached to an aromatic ring is 1. The Kier molecular flexibility index (Phi) is 4.31. The van der Waals surface area contributed by atoms with Crippen LogP contribution in [0, 0.1) is 0 Å². The molecule has 1 aromatic heterocycles. The van der Waals surface area contributed by atoms with Gasteiger partial charge in [-0.3, -0.25) is 4.79 Å². The third kappa shape index (κ3) is 2.69. The molecule has 0 saturated carbocycles. The van der Waals surface area contributed by atoms with Gasteiger partial charge in [-0.15, -0.1) is 11.3 Å². The zero-order valence-corrected chi connectivity index (χ0v) is 12.1. The molecule has 19 heavy (non-hydrogen) atoms. The third-order valence-electron chi connectivity index (χ3n) is 3.41. The van der Waals surface area contributed by atoms with Gasteiger partial charge in [0.15, 0.2) is 11.5 Å². The molecule has 1 aliphatic rings. The number of nitrogens with zero attached hydrogens (tertiary/aromatic N) is 1. The number of ketones is 1. The number of piperidine rings is 1. The number of rotatable bonds is 4. The molecule has 2 heterocycles. The van der Waals surface area contributed by atoms with Crippen molar-refractivity contribution in [2.75, 3.05) is 30.8 Å². The lowest BCUT2D eigenvalue weighted by Crippen LogP contribution is -2.35. The van der Waals surface area contributed by atoms with Crippen LogP contribution in [0.4, 0.5) is 10.7 Å². The maximum absolute atomic E-state index is 11.9. The molecule has 0 bridgehead atoms. The number of thiophene rings is 1. The van der Waals surface area contributed by atoms with Crippen molar-refractivity contribution < 1.29 is 14.6 Å². The van der Waals surface area contributed by atoms with E-state index in [0.29, 0.717) is 22.7 Å². The summed E-state index contributed by atoms with van der Waals surface area (Å²) in [6.45, 7) is 3.35. The van der Waals surface area contributed by atoms with Crippen molar-refractivity contribution in [3.05, 3.63) is 4.88 Å². The maximum Gasteiger partial charge on any atom is 0.177 e. The summed E-state index contributed by atoms with van der Waals surface area (Å²) in [6.07, 6.45) is 1.68. The predicted octanol–water partition coefficient (Wildman–Crippen LogP) is 1.89. The van der Waals surface area contributed by atoms with Crippen molar-refractivity contribution in [3.63, 3.8) is 0 Å². The van der Waals surface area contributed by atoms with Gasteiger partial charge in [0.2, 0.25) is 0 Å². The topological polar surface area (TPSA) is 75.8 Å². The molecule has 6 heteroatoms. The second-order valence-electron chi connectivity index (χ2n) is 4.68. The van der Waals surface area contributed by atoms with Crippen LogP contribution in [0.3, 0.4) is 0 Å². The molecule has 0 unspecified atom stereocenters. The Morgan fingerprint density at radius 3 is 2.68 bits per heavy atom. The van der Waals surface area contributed by atoms with Gasteiger partial charge in [0.25, 0.3) is 0 Å². The van der Waals surface area contributed by atoms with E-state index in [1.807, 2.05) is 6.92 Å². The fourth-order valence-electron chi connectivity index (χ4n) is 2.26. The van der Waals surface area contributed by atoms with Crippen LogP contribution in [0.5, 0.6) is 5.75 Å². The number of hydrogen-bond donors (Lipinski definition) is 2. The molecule has 1 fully saturated rings. The van der Waals surface area contributed by atoms with Crippen LogP contribution in [0.1, 0.15) is 35.9 Å². The first kappa shape index (κ1) is 14.1. The Morgan fingerprint density at radius 1 is 1.53 bits per heavy atom. The first-order valence-electron chi connectivity index (χ1n) is 6.50. The molecule has 3 N–H and O–H groups in total. The number of carbonyl (C=O) groups excluding carboxylic acids is 1. The quantitative estimate of drug-likeness (QED) is 0.826. The highest BCUT2D eigenvalue weighted by Gasteiger charge is 2.26. The molecule has 0 spiro atoms. The average molecular weight is 284 g/mol. The summed E-state index contributed by atoms with van der Waals surface area (Å²) in [4.78, 5) is 14.6. The van der Waals surface area contributed by atoms with Crippen LogP contribution in [0.2, 0.25) is 0 Å². The molecular formula is C13H20N2O3S. The lowest BCUT2D eigenvalue weighted by Gasteiger charge is -2.30. The predicted molar refractivity (Wildman–Crippen MR) is 77.4 cm³/mol. The van der Waals surface area contributed by atoms with Crippen LogP contribution in [0.15, 0.2) is 0 Å². The van der Waals surface area contributed by atoms with E-state index < -0.39 is 0 Å². The van der Waals surface area contributed by atoms with Crippen molar-refractivity contribution in [1.82, 2.24) is 0 Å². The van der Waals surface area contributed by atoms with Crippen molar-refractivity contribution in [2.45, 2.75) is 32.3 Å². The number of ether oxygens (including phenoxy) is 1. The van der Waals surface area contributed by atoms with Gasteiger partial charge in [-0.25, -0.2) is 0 Å². The summed E-state index contributed by atoms with van der Waals surface area (Å²) in [6, 6.07) is 0. The summed E-state index contributed by atoms with van der Waals surface area (Å²) in [5.74, 6) is 0.641. The number of anilines is 2. The van der Waals surface area contributed by atoms with Crippen molar-refractivity contribution in [1.29, 1.82) is 0 Å². The minimum Gasteiger partial charge on any atom is -0.492 e. The zero-order valence-electron chi connectivity index (χ0n) is 11.3. The molecule has 5 nitrogen and oxygen atoms in total. The number of nitrogens with two attached hydrogens (primary N) is 1. The highest BCUT2D eigenvalue weighted by atomic mass is 32.1. The molecule has 0 aromatic carbocycles. The van der Waals surface area contributed by atoms with E-state index in [2.05, 4.69) is 4.90 Å². The molecule has 1 aliphatic heterocycles. The monoisotopic (exact) mass is 284 g/mol. The number of carbonyl (C=O) groups is 1. The molecular weight excluding hydrogens is 264 g/mol. The zero-order chi connectivity index (χ0) is 14.0. The number of methoxy groups -OCH3 is 1. The average Bonchev–Trinajstić information content (AvgIpc) is 2.75. The van der Waals surface area contributed by atoms with E-state index >= 15 is 0 Å². The van der Waals surface area contributed by atoms with Crippen molar-refractivity contribution in [3.8, 4) is 5.75 Å².